The Hall–Kier alpha value is -0.850. The van der Waals surface area contributed by atoms with E-state index in [1.807, 2.05) is 40.0 Å². The van der Waals surface area contributed by atoms with Gasteiger partial charge in [-0.25, -0.2) is 0 Å². The molecule has 0 aromatic carbocycles. The molecule has 0 saturated heterocycles. The summed E-state index contributed by atoms with van der Waals surface area (Å²) >= 11 is 0. The van der Waals surface area contributed by atoms with Crippen molar-refractivity contribution in [3.05, 3.63) is 29.6 Å². The maximum Gasteiger partial charge on any atom is 0.0435 e. The van der Waals surface area contributed by atoms with Gasteiger partial charge in [-0.05, 0) is 37.3 Å². The van der Waals surface area contributed by atoms with Gasteiger partial charge in [0.05, 0.1) is 0 Å². The maximum absolute atomic E-state index is 4.38. The number of nitrogens with zero attached hydrogens (tertiary/aromatic N) is 1. The topological polar surface area (TPSA) is 12.9 Å². The van der Waals surface area contributed by atoms with Crippen LogP contribution in [-0.4, -0.2) is 4.98 Å². The monoisotopic (exact) mass is 207 g/mol. The third kappa shape index (κ3) is 4.96. The fraction of sp³-hybridized carbons (Fsp3) is 0.643. The van der Waals surface area contributed by atoms with E-state index in [9.17, 15) is 0 Å². The van der Waals surface area contributed by atoms with Crippen molar-refractivity contribution in [2.24, 2.45) is 0 Å². The highest BCUT2D eigenvalue weighted by Crippen LogP contribution is 2.17. The summed E-state index contributed by atoms with van der Waals surface area (Å²) in [4.78, 5) is 4.38. The van der Waals surface area contributed by atoms with Crippen molar-refractivity contribution >= 4 is 0 Å². The van der Waals surface area contributed by atoms with Crippen LogP contribution in [0.25, 0.3) is 0 Å². The molecule has 1 aromatic rings. The zero-order valence-electron chi connectivity index (χ0n) is 10.7. The molecule has 1 heterocycles. The molecule has 0 unspecified atom stereocenters. The molecule has 86 valence electrons. The van der Waals surface area contributed by atoms with Crippen molar-refractivity contribution in [3.63, 3.8) is 0 Å². The van der Waals surface area contributed by atoms with Crippen LogP contribution < -0.4 is 0 Å². The van der Waals surface area contributed by atoms with Crippen LogP contribution in [0.3, 0.4) is 0 Å². The molecule has 0 aliphatic heterocycles. The Morgan fingerprint density at radius 2 is 1.60 bits per heavy atom. The minimum Gasteiger partial charge on any atom is -0.261 e. The standard InChI is InChI=1S/C10H13N.2C2H6/c1-2-5-9-6-4-8-11-10(9)7-3-1;2*1-2/h4,6,8H,1-3,5,7H2;2*1-2H3. The maximum atomic E-state index is 4.38. The number of rotatable bonds is 0. The van der Waals surface area contributed by atoms with Gasteiger partial charge < -0.3 is 0 Å². The molecule has 0 N–H and O–H groups in total. The molecule has 15 heavy (non-hydrogen) atoms. The second-order valence-electron chi connectivity index (χ2n) is 3.17. The molecule has 0 amide bonds. The second kappa shape index (κ2) is 9.70. The Morgan fingerprint density at radius 3 is 2.33 bits per heavy atom. The van der Waals surface area contributed by atoms with Gasteiger partial charge in [-0.3, -0.25) is 4.98 Å². The Kier molecular flexibility index (Phi) is 9.15. The number of fused-ring (bicyclic) bond motifs is 1. The number of pyridine rings is 1. The fourth-order valence-electron chi connectivity index (χ4n) is 1.71. The lowest BCUT2D eigenvalue weighted by atomic mass is 10.1. The van der Waals surface area contributed by atoms with Crippen molar-refractivity contribution < 1.29 is 0 Å². The van der Waals surface area contributed by atoms with E-state index in [0.29, 0.717) is 0 Å². The van der Waals surface area contributed by atoms with Gasteiger partial charge in [-0.15, -0.1) is 0 Å². The lowest BCUT2D eigenvalue weighted by Gasteiger charge is -2.01. The number of aryl methyl sites for hydroxylation is 2. The molecule has 1 nitrogen and oxygen atoms in total. The van der Waals surface area contributed by atoms with E-state index in [0.717, 1.165) is 0 Å². The highest BCUT2D eigenvalue weighted by Gasteiger charge is 2.06. The zero-order valence-corrected chi connectivity index (χ0v) is 10.7. The van der Waals surface area contributed by atoms with Crippen LogP contribution in [0.15, 0.2) is 18.3 Å². The number of hydrogen-bond acceptors (Lipinski definition) is 1. The van der Waals surface area contributed by atoms with Crippen molar-refractivity contribution in [3.8, 4) is 0 Å². The number of hydrogen-bond donors (Lipinski definition) is 0. The SMILES string of the molecule is CC.CC.c1cnc2c(c1)CCCCC2. The third-order valence-corrected chi connectivity index (χ3v) is 2.34. The molecule has 1 aromatic heterocycles. The molecule has 0 saturated carbocycles. The van der Waals surface area contributed by atoms with Crippen molar-refractivity contribution in [2.75, 3.05) is 0 Å². The van der Waals surface area contributed by atoms with Gasteiger partial charge in [-0.2, -0.15) is 0 Å². The Balaban J connectivity index is 0.000000442. The van der Waals surface area contributed by atoms with Crippen molar-refractivity contribution in [1.82, 2.24) is 4.98 Å². The van der Waals surface area contributed by atoms with Gasteiger partial charge in [0, 0.05) is 11.9 Å². The lowest BCUT2D eigenvalue weighted by Crippen LogP contribution is -1.92. The van der Waals surface area contributed by atoms with Crippen LogP contribution in [-0.2, 0) is 12.8 Å². The lowest BCUT2D eigenvalue weighted by molar-refractivity contribution is 0.708. The molecule has 0 atom stereocenters. The highest BCUT2D eigenvalue weighted by molar-refractivity contribution is 5.20. The van der Waals surface area contributed by atoms with Gasteiger partial charge in [0.25, 0.3) is 0 Å². The average Bonchev–Trinajstić information content (AvgIpc) is 2.59. The molecule has 0 bridgehead atoms. The molecule has 1 heteroatoms. The molecular weight excluding hydrogens is 182 g/mol. The van der Waals surface area contributed by atoms with Gasteiger partial charge >= 0.3 is 0 Å². The average molecular weight is 207 g/mol. The first-order valence-corrected chi connectivity index (χ1v) is 6.39. The Labute approximate surface area is 94.9 Å². The van der Waals surface area contributed by atoms with Crippen molar-refractivity contribution in [1.29, 1.82) is 0 Å². The van der Waals surface area contributed by atoms with E-state index in [4.69, 9.17) is 0 Å². The minimum atomic E-state index is 1.19. The third-order valence-electron chi connectivity index (χ3n) is 2.34. The summed E-state index contributed by atoms with van der Waals surface area (Å²) in [5.74, 6) is 0. The van der Waals surface area contributed by atoms with Gasteiger partial charge in [-0.1, -0.05) is 40.2 Å². The largest absolute Gasteiger partial charge is 0.261 e. The predicted molar refractivity (Wildman–Crippen MR) is 68.2 cm³/mol. The quantitative estimate of drug-likeness (QED) is 0.574. The van der Waals surface area contributed by atoms with Crippen LogP contribution in [0.2, 0.25) is 0 Å². The normalized spacial score (nSPS) is 13.3. The van der Waals surface area contributed by atoms with Crippen molar-refractivity contribution in [2.45, 2.75) is 59.8 Å². The van der Waals surface area contributed by atoms with Crippen LogP contribution in [0.1, 0.15) is 58.2 Å². The van der Waals surface area contributed by atoms with E-state index >= 15 is 0 Å². The summed E-state index contributed by atoms with van der Waals surface area (Å²) in [6.45, 7) is 8.00. The highest BCUT2D eigenvalue weighted by atomic mass is 14.7. The van der Waals surface area contributed by atoms with Crippen LogP contribution in [0, 0.1) is 0 Å². The first-order chi connectivity index (χ1) is 7.47. The molecule has 0 fully saturated rings. The summed E-state index contributed by atoms with van der Waals surface area (Å²) in [6.07, 6.45) is 8.38. The smallest absolute Gasteiger partial charge is 0.0435 e. The first kappa shape index (κ1) is 14.2. The van der Waals surface area contributed by atoms with Crippen LogP contribution >= 0.6 is 0 Å². The molecule has 0 radical (unpaired) electrons. The van der Waals surface area contributed by atoms with Gasteiger partial charge in [0.15, 0.2) is 0 Å². The summed E-state index contributed by atoms with van der Waals surface area (Å²) in [7, 11) is 0. The fourth-order valence-corrected chi connectivity index (χ4v) is 1.71. The predicted octanol–water partition coefficient (Wildman–Crippen LogP) is 4.40. The van der Waals surface area contributed by atoms with E-state index in [-0.39, 0.29) is 0 Å². The molecule has 1 aliphatic rings. The molecule has 1 aliphatic carbocycles. The number of aromatic nitrogens is 1. The van der Waals surface area contributed by atoms with Crippen LogP contribution in [0.4, 0.5) is 0 Å². The summed E-state index contributed by atoms with van der Waals surface area (Å²) in [5, 5.41) is 0. The first-order valence-electron chi connectivity index (χ1n) is 6.39. The Bertz CT molecular complexity index is 218. The minimum absolute atomic E-state index is 1.19. The van der Waals surface area contributed by atoms with Gasteiger partial charge in [0.2, 0.25) is 0 Å². The second-order valence-corrected chi connectivity index (χ2v) is 3.17. The summed E-state index contributed by atoms with van der Waals surface area (Å²) in [5.41, 5.74) is 2.81. The summed E-state index contributed by atoms with van der Waals surface area (Å²) < 4.78 is 0. The van der Waals surface area contributed by atoms with Crippen LogP contribution in [0.5, 0.6) is 0 Å². The molecule has 0 spiro atoms. The van der Waals surface area contributed by atoms with E-state index < -0.39 is 0 Å². The molecule has 2 rings (SSSR count). The van der Waals surface area contributed by atoms with Gasteiger partial charge in [0.1, 0.15) is 0 Å². The summed E-state index contributed by atoms with van der Waals surface area (Å²) in [6, 6.07) is 4.26. The van der Waals surface area contributed by atoms with E-state index in [2.05, 4.69) is 11.1 Å². The van der Waals surface area contributed by atoms with E-state index in [1.165, 1.54) is 43.4 Å². The Morgan fingerprint density at radius 1 is 0.933 bits per heavy atom. The zero-order chi connectivity index (χ0) is 11.5. The van der Waals surface area contributed by atoms with E-state index in [1.54, 1.807) is 0 Å². The molecular formula is C14H25N.